The standard InChI is InChI=1S/C17H24N4/c1-12(17-19-15-6-2-3-7-16(15)20-17)18-13-8-10-21-9-4-5-14(21)11-13/h2-3,6-7,12-14,18H,4-5,8-11H2,1H3,(H,19,20). The fourth-order valence-electron chi connectivity index (χ4n) is 3.99. The Morgan fingerprint density at radius 1 is 1.29 bits per heavy atom. The minimum absolute atomic E-state index is 0.287. The van der Waals surface area contributed by atoms with E-state index in [-0.39, 0.29) is 6.04 Å². The molecule has 0 saturated carbocycles. The molecule has 0 spiro atoms. The predicted octanol–water partition coefficient (Wildman–Crippen LogP) is 2.84. The van der Waals surface area contributed by atoms with Crippen molar-refractivity contribution in [2.75, 3.05) is 13.1 Å². The molecular weight excluding hydrogens is 260 g/mol. The zero-order valence-electron chi connectivity index (χ0n) is 12.7. The van der Waals surface area contributed by atoms with E-state index < -0.39 is 0 Å². The minimum Gasteiger partial charge on any atom is -0.341 e. The van der Waals surface area contributed by atoms with Gasteiger partial charge >= 0.3 is 0 Å². The van der Waals surface area contributed by atoms with Gasteiger partial charge in [-0.15, -0.1) is 0 Å². The van der Waals surface area contributed by atoms with Crippen molar-refractivity contribution in [3.05, 3.63) is 30.1 Å². The van der Waals surface area contributed by atoms with Gasteiger partial charge in [-0.25, -0.2) is 4.98 Å². The van der Waals surface area contributed by atoms with Gasteiger partial charge in [0.25, 0.3) is 0 Å². The fraction of sp³-hybridized carbons (Fsp3) is 0.588. The van der Waals surface area contributed by atoms with Crippen LogP contribution in [0.3, 0.4) is 0 Å². The third-order valence-electron chi connectivity index (χ3n) is 5.12. The summed E-state index contributed by atoms with van der Waals surface area (Å²) in [6.07, 6.45) is 5.33. The third kappa shape index (κ3) is 2.58. The number of imidazole rings is 1. The molecule has 4 heteroatoms. The second kappa shape index (κ2) is 5.43. The van der Waals surface area contributed by atoms with Crippen molar-refractivity contribution < 1.29 is 0 Å². The van der Waals surface area contributed by atoms with Crippen molar-refractivity contribution in [1.29, 1.82) is 0 Å². The van der Waals surface area contributed by atoms with E-state index >= 15 is 0 Å². The number of nitrogens with one attached hydrogen (secondary N) is 2. The average Bonchev–Trinajstić information content (AvgIpc) is 3.13. The SMILES string of the molecule is CC(NC1CCN2CCCC2C1)c1nc2ccccc2[nH]1. The Bertz CT molecular complexity index is 587. The summed E-state index contributed by atoms with van der Waals surface area (Å²) < 4.78 is 0. The summed E-state index contributed by atoms with van der Waals surface area (Å²) in [5.74, 6) is 1.06. The largest absolute Gasteiger partial charge is 0.341 e. The van der Waals surface area contributed by atoms with Gasteiger partial charge in [-0.2, -0.15) is 0 Å². The molecule has 4 nitrogen and oxygen atoms in total. The molecule has 2 aliphatic heterocycles. The summed E-state index contributed by atoms with van der Waals surface area (Å²) in [5, 5.41) is 3.79. The average molecular weight is 284 g/mol. The van der Waals surface area contributed by atoms with Gasteiger partial charge in [0.15, 0.2) is 0 Å². The second-order valence-corrected chi connectivity index (χ2v) is 6.58. The lowest BCUT2D eigenvalue weighted by Crippen LogP contribution is -2.46. The third-order valence-corrected chi connectivity index (χ3v) is 5.12. The van der Waals surface area contributed by atoms with Crippen LogP contribution < -0.4 is 5.32 Å². The Labute approximate surface area is 125 Å². The first-order chi connectivity index (χ1) is 10.3. The maximum atomic E-state index is 4.72. The lowest BCUT2D eigenvalue weighted by molar-refractivity contribution is 0.161. The van der Waals surface area contributed by atoms with Crippen LogP contribution in [-0.2, 0) is 0 Å². The zero-order chi connectivity index (χ0) is 14.2. The summed E-state index contributed by atoms with van der Waals surface area (Å²) >= 11 is 0. The number of rotatable bonds is 3. The highest BCUT2D eigenvalue weighted by molar-refractivity contribution is 5.74. The van der Waals surface area contributed by atoms with Gasteiger partial charge in [0.1, 0.15) is 5.82 Å². The molecule has 2 aromatic rings. The van der Waals surface area contributed by atoms with Crippen LogP contribution in [0.1, 0.15) is 44.5 Å². The molecule has 21 heavy (non-hydrogen) atoms. The lowest BCUT2D eigenvalue weighted by Gasteiger charge is -2.36. The molecule has 2 aliphatic rings. The number of para-hydroxylation sites is 2. The molecule has 2 fully saturated rings. The molecule has 3 atom stereocenters. The predicted molar refractivity (Wildman–Crippen MR) is 85.3 cm³/mol. The molecule has 3 heterocycles. The monoisotopic (exact) mass is 284 g/mol. The van der Waals surface area contributed by atoms with Crippen molar-refractivity contribution in [2.24, 2.45) is 0 Å². The molecule has 1 aromatic carbocycles. The number of hydrogen-bond donors (Lipinski definition) is 2. The summed E-state index contributed by atoms with van der Waals surface area (Å²) in [6, 6.07) is 10.00. The first-order valence-electron chi connectivity index (χ1n) is 8.24. The van der Waals surface area contributed by atoms with Crippen LogP contribution in [0, 0.1) is 0 Å². The Morgan fingerprint density at radius 3 is 3.10 bits per heavy atom. The van der Waals surface area contributed by atoms with Crippen LogP contribution in [0.5, 0.6) is 0 Å². The van der Waals surface area contributed by atoms with E-state index in [1.165, 1.54) is 38.8 Å². The van der Waals surface area contributed by atoms with E-state index in [9.17, 15) is 0 Å². The van der Waals surface area contributed by atoms with Gasteiger partial charge in [0.05, 0.1) is 17.1 Å². The molecule has 2 N–H and O–H groups in total. The summed E-state index contributed by atoms with van der Waals surface area (Å²) in [6.45, 7) is 4.80. The van der Waals surface area contributed by atoms with E-state index in [1.54, 1.807) is 0 Å². The smallest absolute Gasteiger partial charge is 0.124 e. The molecule has 0 aliphatic carbocycles. The molecule has 0 radical (unpaired) electrons. The Kier molecular flexibility index (Phi) is 3.43. The van der Waals surface area contributed by atoms with E-state index in [0.717, 1.165) is 22.9 Å². The van der Waals surface area contributed by atoms with Gasteiger partial charge in [-0.05, 0) is 57.8 Å². The Morgan fingerprint density at radius 2 is 2.19 bits per heavy atom. The highest BCUT2D eigenvalue weighted by Crippen LogP contribution is 2.28. The number of piperidine rings is 1. The lowest BCUT2D eigenvalue weighted by atomic mass is 9.97. The van der Waals surface area contributed by atoms with Crippen LogP contribution in [0.15, 0.2) is 24.3 Å². The molecule has 1 aromatic heterocycles. The Hall–Kier alpha value is -1.39. The number of hydrogen-bond acceptors (Lipinski definition) is 3. The van der Waals surface area contributed by atoms with Gasteiger partial charge < -0.3 is 15.2 Å². The molecule has 2 saturated heterocycles. The highest BCUT2D eigenvalue weighted by Gasteiger charge is 2.32. The summed E-state index contributed by atoms with van der Waals surface area (Å²) in [7, 11) is 0. The van der Waals surface area contributed by atoms with Crippen LogP contribution in [0.2, 0.25) is 0 Å². The summed E-state index contributed by atoms with van der Waals surface area (Å²) in [4.78, 5) is 10.8. The van der Waals surface area contributed by atoms with Crippen molar-refractivity contribution in [1.82, 2.24) is 20.2 Å². The number of aromatic nitrogens is 2. The number of nitrogens with zero attached hydrogens (tertiary/aromatic N) is 2. The fourth-order valence-corrected chi connectivity index (χ4v) is 3.99. The number of H-pyrrole nitrogens is 1. The maximum Gasteiger partial charge on any atom is 0.124 e. The molecule has 0 amide bonds. The summed E-state index contributed by atoms with van der Waals surface area (Å²) in [5.41, 5.74) is 2.19. The van der Waals surface area contributed by atoms with Crippen molar-refractivity contribution in [3.8, 4) is 0 Å². The van der Waals surface area contributed by atoms with Gasteiger partial charge in [0.2, 0.25) is 0 Å². The van der Waals surface area contributed by atoms with Crippen molar-refractivity contribution >= 4 is 11.0 Å². The van der Waals surface area contributed by atoms with E-state index in [1.807, 2.05) is 6.07 Å². The normalized spacial score (nSPS) is 27.9. The molecule has 4 rings (SSSR count). The van der Waals surface area contributed by atoms with Crippen LogP contribution in [0.4, 0.5) is 0 Å². The molecule has 3 unspecified atom stereocenters. The molecular formula is C17H24N4. The van der Waals surface area contributed by atoms with E-state index in [2.05, 4.69) is 40.3 Å². The number of fused-ring (bicyclic) bond motifs is 2. The zero-order valence-corrected chi connectivity index (χ0v) is 12.7. The highest BCUT2D eigenvalue weighted by atomic mass is 15.2. The van der Waals surface area contributed by atoms with Crippen LogP contribution >= 0.6 is 0 Å². The van der Waals surface area contributed by atoms with E-state index in [0.29, 0.717) is 6.04 Å². The molecule has 112 valence electrons. The van der Waals surface area contributed by atoms with Crippen LogP contribution in [0.25, 0.3) is 11.0 Å². The topological polar surface area (TPSA) is 44.0 Å². The second-order valence-electron chi connectivity index (χ2n) is 6.58. The minimum atomic E-state index is 0.287. The van der Waals surface area contributed by atoms with E-state index in [4.69, 9.17) is 4.98 Å². The molecule has 0 bridgehead atoms. The van der Waals surface area contributed by atoms with Crippen molar-refractivity contribution in [3.63, 3.8) is 0 Å². The quantitative estimate of drug-likeness (QED) is 0.911. The first-order valence-corrected chi connectivity index (χ1v) is 8.24. The number of benzene rings is 1. The van der Waals surface area contributed by atoms with Gasteiger partial charge in [0, 0.05) is 12.1 Å². The van der Waals surface area contributed by atoms with Gasteiger partial charge in [-0.3, -0.25) is 0 Å². The first kappa shape index (κ1) is 13.3. The van der Waals surface area contributed by atoms with Crippen molar-refractivity contribution in [2.45, 2.75) is 50.7 Å². The Balaban J connectivity index is 1.44. The van der Waals surface area contributed by atoms with Crippen LogP contribution in [-0.4, -0.2) is 40.0 Å². The van der Waals surface area contributed by atoms with Gasteiger partial charge in [-0.1, -0.05) is 12.1 Å². The maximum absolute atomic E-state index is 4.72. The number of aromatic amines is 1.